The molecule has 0 N–H and O–H groups in total. The number of rotatable bonds is 6. The molecular formula is C6H14Cl2NO3P. The van der Waals surface area contributed by atoms with E-state index in [1.807, 2.05) is 27.7 Å². The van der Waals surface area contributed by atoms with Gasteiger partial charge in [-0.05, 0) is 27.7 Å². The first-order valence-corrected chi connectivity index (χ1v) is 5.58. The fourth-order valence-electron chi connectivity index (χ4n) is 0.898. The molecule has 0 fully saturated rings. The molecular weight excluding hydrogens is 236 g/mol. The summed E-state index contributed by atoms with van der Waals surface area (Å²) in [5, 5.41) is 1.70. The fourth-order valence-corrected chi connectivity index (χ4v) is 1.91. The molecule has 0 atom stereocenters. The Kier molecular flexibility index (Phi) is 7.65. The van der Waals surface area contributed by atoms with Crippen LogP contribution in [0.4, 0.5) is 0 Å². The quantitative estimate of drug-likeness (QED) is 0.532. The predicted molar refractivity (Wildman–Crippen MR) is 54.0 cm³/mol. The Labute approximate surface area is 90.3 Å². The van der Waals surface area contributed by atoms with E-state index in [9.17, 15) is 0 Å². The smallest absolute Gasteiger partial charge is 0.218 e. The molecule has 0 aromatic rings. The Balaban J connectivity index is 4.08. The van der Waals surface area contributed by atoms with Gasteiger partial charge in [-0.3, -0.25) is 0 Å². The van der Waals surface area contributed by atoms with E-state index in [-0.39, 0.29) is 12.1 Å². The minimum atomic E-state index is -1.70. The number of nitrogens with zero attached hydrogens (tertiary/aromatic N) is 1. The number of halogens is 2. The van der Waals surface area contributed by atoms with E-state index in [0.717, 1.165) is 0 Å². The topological polar surface area (TPSA) is 30.9 Å². The van der Waals surface area contributed by atoms with E-state index in [1.165, 1.54) is 0 Å². The lowest BCUT2D eigenvalue weighted by molar-refractivity contribution is -0.115. The van der Waals surface area contributed by atoms with Crippen molar-refractivity contribution in [1.82, 2.24) is 5.06 Å². The van der Waals surface area contributed by atoms with E-state index in [0.29, 0.717) is 0 Å². The average molecular weight is 250 g/mol. The Morgan fingerprint density at radius 3 is 1.62 bits per heavy atom. The van der Waals surface area contributed by atoms with Gasteiger partial charge in [-0.1, -0.05) is 0 Å². The molecule has 0 saturated heterocycles. The van der Waals surface area contributed by atoms with Gasteiger partial charge in [0.05, 0.1) is 23.7 Å². The Morgan fingerprint density at radius 1 is 1.00 bits per heavy atom. The molecule has 0 aromatic heterocycles. The summed E-state index contributed by atoms with van der Waals surface area (Å²) < 4.78 is 14.0. The van der Waals surface area contributed by atoms with Crippen LogP contribution < -0.4 is 0 Å². The van der Waals surface area contributed by atoms with Gasteiger partial charge >= 0.3 is 8.60 Å². The van der Waals surface area contributed by atoms with Crippen molar-refractivity contribution >= 4 is 32.3 Å². The van der Waals surface area contributed by atoms with Gasteiger partial charge in [0.1, 0.15) is 0 Å². The lowest BCUT2D eigenvalue weighted by atomic mass is 10.3. The molecule has 0 rings (SSSR count). The Morgan fingerprint density at radius 2 is 1.38 bits per heavy atom. The normalized spacial score (nSPS) is 12.5. The van der Waals surface area contributed by atoms with Gasteiger partial charge in [-0.25, -0.2) is 4.62 Å². The first-order chi connectivity index (χ1) is 6.02. The van der Waals surface area contributed by atoms with Gasteiger partial charge in [0.15, 0.2) is 0 Å². The van der Waals surface area contributed by atoms with Crippen molar-refractivity contribution in [2.24, 2.45) is 0 Å². The third kappa shape index (κ3) is 5.33. The highest BCUT2D eigenvalue weighted by Crippen LogP contribution is 2.44. The minimum Gasteiger partial charge on any atom is -0.218 e. The molecule has 0 aliphatic heterocycles. The second-order valence-corrected chi connectivity index (χ2v) is 4.71. The molecule has 0 radical (unpaired) electrons. The van der Waals surface area contributed by atoms with Crippen molar-refractivity contribution in [2.75, 3.05) is 0 Å². The van der Waals surface area contributed by atoms with Crippen molar-refractivity contribution in [3.05, 3.63) is 0 Å². The lowest BCUT2D eigenvalue weighted by Crippen LogP contribution is -2.35. The van der Waals surface area contributed by atoms with Crippen LogP contribution in [0.2, 0.25) is 0 Å². The molecule has 0 spiro atoms. The van der Waals surface area contributed by atoms with E-state index < -0.39 is 8.60 Å². The van der Waals surface area contributed by atoms with Crippen molar-refractivity contribution < 1.29 is 12.8 Å². The molecule has 80 valence electrons. The highest BCUT2D eigenvalue weighted by atomic mass is 35.5. The molecule has 0 heterocycles. The number of hydrogen-bond donors (Lipinski definition) is 0. The first kappa shape index (κ1) is 13.8. The zero-order valence-corrected chi connectivity index (χ0v) is 10.4. The van der Waals surface area contributed by atoms with Crippen molar-refractivity contribution in [3.8, 4) is 0 Å². The number of hydroxylamine groups is 2. The Bertz CT molecular complexity index is 127. The average Bonchev–Trinajstić information content (AvgIpc) is 2.05. The van der Waals surface area contributed by atoms with Crippen LogP contribution in [-0.4, -0.2) is 17.1 Å². The van der Waals surface area contributed by atoms with Crippen LogP contribution in [0.5, 0.6) is 0 Å². The lowest BCUT2D eigenvalue weighted by Gasteiger charge is -2.29. The van der Waals surface area contributed by atoms with E-state index in [1.54, 1.807) is 5.06 Å². The zero-order chi connectivity index (χ0) is 10.4. The number of hydrogen-bond acceptors (Lipinski definition) is 4. The van der Waals surface area contributed by atoms with Crippen LogP contribution in [0, 0.1) is 0 Å². The van der Waals surface area contributed by atoms with Crippen LogP contribution in [0.25, 0.3) is 0 Å². The minimum absolute atomic E-state index is 0.198. The summed E-state index contributed by atoms with van der Waals surface area (Å²) in [5.74, 6) is 0. The van der Waals surface area contributed by atoms with Gasteiger partial charge in [-0.2, -0.15) is 13.2 Å². The van der Waals surface area contributed by atoms with Crippen molar-refractivity contribution in [3.63, 3.8) is 0 Å². The maximum absolute atomic E-state index is 5.26. The molecule has 0 amide bonds. The molecule has 13 heavy (non-hydrogen) atoms. The van der Waals surface area contributed by atoms with Crippen LogP contribution in [0.1, 0.15) is 27.7 Å². The third-order valence-electron chi connectivity index (χ3n) is 1.29. The van der Waals surface area contributed by atoms with E-state index in [4.69, 9.17) is 28.4 Å². The summed E-state index contributed by atoms with van der Waals surface area (Å²) in [5.41, 5.74) is 0. The summed E-state index contributed by atoms with van der Waals surface area (Å²) in [7, 11) is -1.70. The largest absolute Gasteiger partial charge is 0.386 e. The monoisotopic (exact) mass is 249 g/mol. The maximum Gasteiger partial charge on any atom is 0.386 e. The molecule has 0 bridgehead atoms. The second kappa shape index (κ2) is 7.18. The standard InChI is InChI=1S/C6H14Cl2NO3P/c1-5(2)9(6(3)4)12-13(10-7)11-8/h5-6H,1-4H3. The Hall–Kier alpha value is 0.850. The van der Waals surface area contributed by atoms with E-state index >= 15 is 0 Å². The van der Waals surface area contributed by atoms with Crippen molar-refractivity contribution in [1.29, 1.82) is 0 Å². The summed E-state index contributed by atoms with van der Waals surface area (Å²) in [4.78, 5) is 0. The van der Waals surface area contributed by atoms with Crippen LogP contribution in [-0.2, 0) is 12.8 Å². The van der Waals surface area contributed by atoms with Gasteiger partial charge in [0.2, 0.25) is 0 Å². The zero-order valence-electron chi connectivity index (χ0n) is 8.03. The molecule has 7 heteroatoms. The van der Waals surface area contributed by atoms with Gasteiger partial charge in [0, 0.05) is 12.1 Å². The van der Waals surface area contributed by atoms with Crippen molar-refractivity contribution in [2.45, 2.75) is 39.8 Å². The van der Waals surface area contributed by atoms with E-state index in [2.05, 4.69) is 8.15 Å². The van der Waals surface area contributed by atoms with Crippen LogP contribution in [0.15, 0.2) is 0 Å². The molecule has 4 nitrogen and oxygen atoms in total. The van der Waals surface area contributed by atoms with Crippen LogP contribution >= 0.6 is 32.3 Å². The highest BCUT2D eigenvalue weighted by Gasteiger charge is 2.22. The second-order valence-electron chi connectivity index (χ2n) is 2.99. The van der Waals surface area contributed by atoms with Gasteiger partial charge < -0.3 is 0 Å². The summed E-state index contributed by atoms with van der Waals surface area (Å²) in [6, 6.07) is 0.396. The third-order valence-corrected chi connectivity index (χ3v) is 2.51. The predicted octanol–water partition coefficient (Wildman–Crippen LogP) is 3.60. The van der Waals surface area contributed by atoms with Gasteiger partial charge in [-0.15, -0.1) is 0 Å². The first-order valence-electron chi connectivity index (χ1n) is 3.86. The molecule has 0 unspecified atom stereocenters. The summed E-state index contributed by atoms with van der Waals surface area (Å²) in [6.07, 6.45) is 0. The highest BCUT2D eigenvalue weighted by molar-refractivity contribution is 7.43. The summed E-state index contributed by atoms with van der Waals surface area (Å²) in [6.45, 7) is 7.93. The van der Waals surface area contributed by atoms with Crippen LogP contribution in [0.3, 0.4) is 0 Å². The van der Waals surface area contributed by atoms with Gasteiger partial charge in [0.25, 0.3) is 0 Å². The maximum atomic E-state index is 5.26. The molecule has 0 aromatic carbocycles. The molecule has 0 saturated carbocycles. The molecule has 0 aliphatic rings. The molecule has 0 aliphatic carbocycles. The summed E-state index contributed by atoms with van der Waals surface area (Å²) >= 11 is 10.2. The SMILES string of the molecule is CC(C)N(OP(OCl)OCl)C(C)C. The fraction of sp³-hybridized carbons (Fsp3) is 1.00.